The number of rotatable bonds is 6. The molecule has 1 fully saturated rings. The Morgan fingerprint density at radius 2 is 1.71 bits per heavy atom. The topological polar surface area (TPSA) is 39.5 Å². The van der Waals surface area contributed by atoms with Gasteiger partial charge in [0.05, 0.1) is 20.3 Å². The van der Waals surface area contributed by atoms with Gasteiger partial charge in [-0.15, -0.1) is 0 Å². The highest BCUT2D eigenvalue weighted by Gasteiger charge is 2.15. The number of hydrogen-bond donors (Lipinski definition) is 0. The molecule has 1 aliphatic heterocycles. The lowest BCUT2D eigenvalue weighted by Crippen LogP contribution is -2.38. The Morgan fingerprint density at radius 1 is 0.903 bits per heavy atom. The summed E-state index contributed by atoms with van der Waals surface area (Å²) >= 11 is 0. The fraction of sp³-hybridized carbons (Fsp3) is 0.269. The average Bonchev–Trinajstić information content (AvgIpc) is 3.22. The van der Waals surface area contributed by atoms with Crippen molar-refractivity contribution < 1.29 is 9.47 Å². The zero-order valence-electron chi connectivity index (χ0n) is 17.8. The van der Waals surface area contributed by atoms with Crippen LogP contribution in [0, 0.1) is 0 Å². The predicted molar refractivity (Wildman–Crippen MR) is 124 cm³/mol. The standard InChI is InChI=1S/C26H27N3O2/c1-30-23-7-8-26-24(16-23)25(19-29(26)10-9-28-11-13-31-14-12-28)22-15-21(17-27-18-22)20-5-3-2-4-6-20/h2-8,15-19H,9-14H2,1H3. The SMILES string of the molecule is COc1ccc2c(c1)c(-c1cncc(-c3ccccc3)c1)cn2CCN1CCOCC1. The van der Waals surface area contributed by atoms with Crippen LogP contribution in [0.1, 0.15) is 0 Å². The summed E-state index contributed by atoms with van der Waals surface area (Å²) in [6.45, 7) is 5.61. The second-order valence-corrected chi connectivity index (χ2v) is 7.90. The van der Waals surface area contributed by atoms with Crippen LogP contribution in [-0.2, 0) is 11.3 Å². The van der Waals surface area contributed by atoms with Gasteiger partial charge in [0, 0.05) is 72.4 Å². The molecular weight excluding hydrogens is 386 g/mol. The lowest BCUT2D eigenvalue weighted by molar-refractivity contribution is 0.0365. The molecule has 4 aromatic rings. The van der Waals surface area contributed by atoms with Crippen molar-refractivity contribution in [1.29, 1.82) is 0 Å². The first kappa shape index (κ1) is 19.8. The summed E-state index contributed by atoms with van der Waals surface area (Å²) in [5, 5.41) is 1.19. The lowest BCUT2D eigenvalue weighted by Gasteiger charge is -2.26. The van der Waals surface area contributed by atoms with E-state index in [2.05, 4.69) is 63.1 Å². The zero-order valence-corrected chi connectivity index (χ0v) is 17.8. The van der Waals surface area contributed by atoms with E-state index in [0.29, 0.717) is 0 Å². The minimum absolute atomic E-state index is 0.826. The van der Waals surface area contributed by atoms with Crippen LogP contribution in [0.5, 0.6) is 5.75 Å². The van der Waals surface area contributed by atoms with Gasteiger partial charge >= 0.3 is 0 Å². The number of methoxy groups -OCH3 is 1. The fourth-order valence-electron chi connectivity index (χ4n) is 4.27. The molecule has 2 aromatic carbocycles. The lowest BCUT2D eigenvalue weighted by atomic mass is 10.0. The van der Waals surface area contributed by atoms with E-state index in [1.807, 2.05) is 24.5 Å². The Labute approximate surface area is 182 Å². The first-order valence-corrected chi connectivity index (χ1v) is 10.8. The number of pyridine rings is 1. The first-order chi connectivity index (χ1) is 15.3. The number of aromatic nitrogens is 2. The van der Waals surface area contributed by atoms with E-state index in [-0.39, 0.29) is 0 Å². The van der Waals surface area contributed by atoms with E-state index in [9.17, 15) is 0 Å². The van der Waals surface area contributed by atoms with Gasteiger partial charge in [-0.3, -0.25) is 9.88 Å². The molecule has 0 amide bonds. The van der Waals surface area contributed by atoms with Gasteiger partial charge in [-0.1, -0.05) is 30.3 Å². The molecule has 0 atom stereocenters. The summed E-state index contributed by atoms with van der Waals surface area (Å²) in [4.78, 5) is 7.02. The Balaban J connectivity index is 1.53. The molecule has 5 nitrogen and oxygen atoms in total. The van der Waals surface area contributed by atoms with Gasteiger partial charge in [0.25, 0.3) is 0 Å². The molecule has 0 N–H and O–H groups in total. The first-order valence-electron chi connectivity index (χ1n) is 10.8. The van der Waals surface area contributed by atoms with Crippen molar-refractivity contribution in [3.8, 4) is 28.0 Å². The molecule has 0 aliphatic carbocycles. The highest BCUT2D eigenvalue weighted by molar-refractivity contribution is 5.97. The number of fused-ring (bicyclic) bond motifs is 1. The van der Waals surface area contributed by atoms with Crippen LogP contribution in [0.3, 0.4) is 0 Å². The molecule has 0 saturated carbocycles. The molecule has 1 saturated heterocycles. The Bertz CT molecular complexity index is 1160. The van der Waals surface area contributed by atoms with E-state index in [1.54, 1.807) is 7.11 Å². The van der Waals surface area contributed by atoms with Crippen molar-refractivity contribution in [3.63, 3.8) is 0 Å². The maximum Gasteiger partial charge on any atom is 0.119 e. The van der Waals surface area contributed by atoms with E-state index in [0.717, 1.165) is 56.3 Å². The summed E-state index contributed by atoms with van der Waals surface area (Å²) in [6.07, 6.45) is 6.14. The van der Waals surface area contributed by atoms with E-state index in [1.165, 1.54) is 22.0 Å². The Hall–Kier alpha value is -3.15. The van der Waals surface area contributed by atoms with Crippen LogP contribution >= 0.6 is 0 Å². The summed E-state index contributed by atoms with van der Waals surface area (Å²) in [5.41, 5.74) is 5.81. The van der Waals surface area contributed by atoms with Crippen molar-refractivity contribution in [2.45, 2.75) is 6.54 Å². The maximum absolute atomic E-state index is 5.52. The Kier molecular flexibility index (Phi) is 5.69. The molecule has 0 spiro atoms. The van der Waals surface area contributed by atoms with Crippen molar-refractivity contribution in [3.05, 3.63) is 73.2 Å². The van der Waals surface area contributed by atoms with Crippen molar-refractivity contribution in [1.82, 2.24) is 14.5 Å². The van der Waals surface area contributed by atoms with Gasteiger partial charge < -0.3 is 14.0 Å². The molecular formula is C26H27N3O2. The van der Waals surface area contributed by atoms with Gasteiger partial charge in [-0.2, -0.15) is 0 Å². The minimum Gasteiger partial charge on any atom is -0.497 e. The zero-order chi connectivity index (χ0) is 21.0. The normalized spacial score (nSPS) is 14.7. The summed E-state index contributed by atoms with van der Waals surface area (Å²) < 4.78 is 13.4. The largest absolute Gasteiger partial charge is 0.497 e. The van der Waals surface area contributed by atoms with Crippen LogP contribution in [0.15, 0.2) is 73.2 Å². The van der Waals surface area contributed by atoms with Gasteiger partial charge in [0.1, 0.15) is 5.75 Å². The van der Waals surface area contributed by atoms with Crippen molar-refractivity contribution in [2.24, 2.45) is 0 Å². The van der Waals surface area contributed by atoms with Crippen molar-refractivity contribution in [2.75, 3.05) is 40.0 Å². The van der Waals surface area contributed by atoms with Gasteiger partial charge in [-0.05, 0) is 29.8 Å². The highest BCUT2D eigenvalue weighted by Crippen LogP contribution is 2.34. The number of hydrogen-bond acceptors (Lipinski definition) is 4. The van der Waals surface area contributed by atoms with Gasteiger partial charge in [0.2, 0.25) is 0 Å². The molecule has 1 aliphatic rings. The molecule has 31 heavy (non-hydrogen) atoms. The van der Waals surface area contributed by atoms with E-state index >= 15 is 0 Å². The third kappa shape index (κ3) is 4.20. The second-order valence-electron chi connectivity index (χ2n) is 7.90. The third-order valence-corrected chi connectivity index (χ3v) is 6.01. The minimum atomic E-state index is 0.826. The quantitative estimate of drug-likeness (QED) is 0.459. The summed E-state index contributed by atoms with van der Waals surface area (Å²) in [5.74, 6) is 0.867. The summed E-state index contributed by atoms with van der Waals surface area (Å²) in [6, 6.07) is 18.9. The number of nitrogens with zero attached hydrogens (tertiary/aromatic N) is 3. The molecule has 2 aromatic heterocycles. The van der Waals surface area contributed by atoms with Crippen LogP contribution in [-0.4, -0.2) is 54.4 Å². The van der Waals surface area contributed by atoms with E-state index < -0.39 is 0 Å². The molecule has 3 heterocycles. The molecule has 158 valence electrons. The smallest absolute Gasteiger partial charge is 0.119 e. The maximum atomic E-state index is 5.52. The fourth-order valence-corrected chi connectivity index (χ4v) is 4.27. The monoisotopic (exact) mass is 413 g/mol. The van der Waals surface area contributed by atoms with Crippen LogP contribution in [0.4, 0.5) is 0 Å². The highest BCUT2D eigenvalue weighted by atomic mass is 16.5. The molecule has 5 heteroatoms. The molecule has 0 radical (unpaired) electrons. The number of benzene rings is 2. The third-order valence-electron chi connectivity index (χ3n) is 6.01. The van der Waals surface area contributed by atoms with Crippen molar-refractivity contribution >= 4 is 10.9 Å². The van der Waals surface area contributed by atoms with E-state index in [4.69, 9.17) is 9.47 Å². The Morgan fingerprint density at radius 3 is 2.52 bits per heavy atom. The second kappa shape index (κ2) is 8.92. The average molecular weight is 414 g/mol. The number of morpholine rings is 1. The van der Waals surface area contributed by atoms with Crippen LogP contribution < -0.4 is 4.74 Å². The van der Waals surface area contributed by atoms with Gasteiger partial charge in [0.15, 0.2) is 0 Å². The van der Waals surface area contributed by atoms with Crippen LogP contribution in [0.25, 0.3) is 33.2 Å². The molecule has 5 rings (SSSR count). The summed E-state index contributed by atoms with van der Waals surface area (Å²) in [7, 11) is 1.72. The molecule has 0 unspecified atom stereocenters. The predicted octanol–water partition coefficient (Wildman–Crippen LogP) is 4.71. The van der Waals surface area contributed by atoms with Crippen LogP contribution in [0.2, 0.25) is 0 Å². The van der Waals surface area contributed by atoms with Gasteiger partial charge in [-0.25, -0.2) is 0 Å². The number of ether oxygens (including phenoxy) is 2. The molecule has 0 bridgehead atoms.